The minimum Gasteiger partial charge on any atom is -0.493 e. The maximum absolute atomic E-state index is 11.5. The van der Waals surface area contributed by atoms with Crippen molar-refractivity contribution in [3.63, 3.8) is 0 Å². The van der Waals surface area contributed by atoms with Crippen LogP contribution in [-0.2, 0) is 9.53 Å². The lowest BCUT2D eigenvalue weighted by Crippen LogP contribution is -2.10. The zero-order valence-corrected chi connectivity index (χ0v) is 12.7. The van der Waals surface area contributed by atoms with Gasteiger partial charge >= 0.3 is 5.97 Å². The van der Waals surface area contributed by atoms with Crippen LogP contribution in [0.3, 0.4) is 0 Å². The number of hydrogen-bond donors (Lipinski definition) is 1. The second kappa shape index (κ2) is 6.53. The molecule has 118 valence electrons. The number of carboxylic acid groups (broad SMARTS) is 1. The normalized spacial score (nSPS) is 17.3. The molecule has 0 saturated heterocycles. The largest absolute Gasteiger partial charge is 0.493 e. The van der Waals surface area contributed by atoms with Crippen molar-refractivity contribution in [3.05, 3.63) is 41.5 Å². The standard InChI is InChI=1S/C16H18O6/c1-5-9-8-22-14(13(9)16(17)18)10-6-11(19-2)15(21-4)12(7-10)20-3/h5-7,14H,1,8H2,2-4H3,(H,17,18). The van der Waals surface area contributed by atoms with E-state index in [-0.39, 0.29) is 12.2 Å². The van der Waals surface area contributed by atoms with E-state index >= 15 is 0 Å². The quantitative estimate of drug-likeness (QED) is 0.869. The smallest absolute Gasteiger partial charge is 0.334 e. The van der Waals surface area contributed by atoms with Crippen LogP contribution >= 0.6 is 0 Å². The highest BCUT2D eigenvalue weighted by Crippen LogP contribution is 2.43. The summed E-state index contributed by atoms with van der Waals surface area (Å²) in [6, 6.07) is 3.36. The van der Waals surface area contributed by atoms with Gasteiger partial charge in [-0.25, -0.2) is 4.79 Å². The maximum Gasteiger partial charge on any atom is 0.334 e. The van der Waals surface area contributed by atoms with E-state index in [1.807, 2.05) is 0 Å². The van der Waals surface area contributed by atoms with Crippen LogP contribution in [0.25, 0.3) is 0 Å². The van der Waals surface area contributed by atoms with Crippen LogP contribution in [0.1, 0.15) is 11.7 Å². The highest BCUT2D eigenvalue weighted by Gasteiger charge is 2.33. The Kier molecular flexibility index (Phi) is 4.72. The Morgan fingerprint density at radius 2 is 1.86 bits per heavy atom. The number of aliphatic carboxylic acids is 1. The predicted octanol–water partition coefficient (Wildman–Crippen LogP) is 2.35. The zero-order valence-electron chi connectivity index (χ0n) is 12.7. The van der Waals surface area contributed by atoms with Crippen molar-refractivity contribution in [1.29, 1.82) is 0 Å². The number of methoxy groups -OCH3 is 3. The number of rotatable bonds is 6. The molecule has 1 aromatic rings. The van der Waals surface area contributed by atoms with E-state index in [9.17, 15) is 9.90 Å². The summed E-state index contributed by atoms with van der Waals surface area (Å²) in [6.07, 6.45) is 0.792. The zero-order chi connectivity index (χ0) is 16.3. The lowest BCUT2D eigenvalue weighted by Gasteiger charge is -2.18. The second-order valence-electron chi connectivity index (χ2n) is 4.60. The summed E-state index contributed by atoms with van der Waals surface area (Å²) >= 11 is 0. The molecule has 1 atom stereocenters. The minimum absolute atomic E-state index is 0.171. The third kappa shape index (κ3) is 2.65. The summed E-state index contributed by atoms with van der Waals surface area (Å²) < 4.78 is 21.4. The van der Waals surface area contributed by atoms with E-state index < -0.39 is 12.1 Å². The maximum atomic E-state index is 11.5. The van der Waals surface area contributed by atoms with Crippen LogP contribution in [0.5, 0.6) is 17.2 Å². The second-order valence-corrected chi connectivity index (χ2v) is 4.60. The molecule has 0 radical (unpaired) electrons. The van der Waals surface area contributed by atoms with Crippen molar-refractivity contribution in [2.75, 3.05) is 27.9 Å². The third-order valence-electron chi connectivity index (χ3n) is 3.48. The van der Waals surface area contributed by atoms with Crippen molar-refractivity contribution in [2.24, 2.45) is 0 Å². The molecule has 1 unspecified atom stereocenters. The van der Waals surface area contributed by atoms with E-state index in [0.29, 0.717) is 28.4 Å². The van der Waals surface area contributed by atoms with Crippen LogP contribution in [-0.4, -0.2) is 39.0 Å². The molecule has 1 heterocycles. The number of hydrogen-bond acceptors (Lipinski definition) is 5. The molecule has 1 aliphatic heterocycles. The fourth-order valence-electron chi connectivity index (χ4n) is 2.44. The summed E-state index contributed by atoms with van der Waals surface area (Å²) in [7, 11) is 4.50. The van der Waals surface area contributed by atoms with Gasteiger partial charge in [-0.05, 0) is 23.3 Å². The highest BCUT2D eigenvalue weighted by atomic mass is 16.5. The van der Waals surface area contributed by atoms with Gasteiger partial charge in [-0.3, -0.25) is 0 Å². The van der Waals surface area contributed by atoms with Crippen molar-refractivity contribution in [2.45, 2.75) is 6.10 Å². The molecule has 22 heavy (non-hydrogen) atoms. The average molecular weight is 306 g/mol. The predicted molar refractivity (Wildman–Crippen MR) is 79.6 cm³/mol. The van der Waals surface area contributed by atoms with Crippen molar-refractivity contribution < 1.29 is 28.8 Å². The summed E-state index contributed by atoms with van der Waals surface area (Å²) in [4.78, 5) is 11.5. The Morgan fingerprint density at radius 3 is 2.27 bits per heavy atom. The topological polar surface area (TPSA) is 74.2 Å². The van der Waals surface area contributed by atoms with Gasteiger partial charge in [0.25, 0.3) is 0 Å². The van der Waals surface area contributed by atoms with Gasteiger partial charge in [-0.15, -0.1) is 0 Å². The lowest BCUT2D eigenvalue weighted by atomic mass is 9.98. The van der Waals surface area contributed by atoms with Crippen LogP contribution < -0.4 is 14.2 Å². The summed E-state index contributed by atoms with van der Waals surface area (Å²) in [5.74, 6) is 0.289. The molecule has 1 aromatic carbocycles. The van der Waals surface area contributed by atoms with Gasteiger partial charge in [0, 0.05) is 0 Å². The summed E-state index contributed by atoms with van der Waals surface area (Å²) in [6.45, 7) is 3.83. The molecule has 0 spiro atoms. The van der Waals surface area contributed by atoms with Gasteiger partial charge < -0.3 is 24.1 Å². The molecule has 0 bridgehead atoms. The fourth-order valence-corrected chi connectivity index (χ4v) is 2.44. The Bertz CT molecular complexity index is 607. The third-order valence-corrected chi connectivity index (χ3v) is 3.48. The Balaban J connectivity index is 2.56. The molecule has 1 aliphatic rings. The fraction of sp³-hybridized carbons (Fsp3) is 0.312. The molecule has 0 amide bonds. The molecular weight excluding hydrogens is 288 g/mol. The first-order valence-electron chi connectivity index (χ1n) is 6.57. The molecular formula is C16H18O6. The molecule has 0 aromatic heterocycles. The van der Waals surface area contributed by atoms with Gasteiger partial charge in [0.2, 0.25) is 5.75 Å². The van der Waals surface area contributed by atoms with Gasteiger partial charge in [0.1, 0.15) is 6.10 Å². The minimum atomic E-state index is -1.04. The molecule has 0 aliphatic carbocycles. The molecule has 0 saturated carbocycles. The van der Waals surface area contributed by atoms with Crippen molar-refractivity contribution >= 4 is 5.97 Å². The number of ether oxygens (including phenoxy) is 4. The Hall–Kier alpha value is -2.47. The van der Waals surface area contributed by atoms with E-state index in [0.717, 1.165) is 0 Å². The number of carboxylic acids is 1. The van der Waals surface area contributed by atoms with Gasteiger partial charge in [-0.1, -0.05) is 12.7 Å². The van der Waals surface area contributed by atoms with Gasteiger partial charge in [-0.2, -0.15) is 0 Å². The van der Waals surface area contributed by atoms with E-state index in [1.165, 1.54) is 27.4 Å². The van der Waals surface area contributed by atoms with Crippen molar-refractivity contribution in [3.8, 4) is 17.2 Å². The Morgan fingerprint density at radius 1 is 1.27 bits per heavy atom. The number of carbonyl (C=O) groups is 1. The molecule has 2 rings (SSSR count). The monoisotopic (exact) mass is 306 g/mol. The highest BCUT2D eigenvalue weighted by molar-refractivity contribution is 5.90. The van der Waals surface area contributed by atoms with E-state index in [2.05, 4.69) is 6.58 Å². The molecule has 6 heteroatoms. The average Bonchev–Trinajstić information content (AvgIpc) is 2.97. The van der Waals surface area contributed by atoms with Gasteiger partial charge in [0.15, 0.2) is 11.5 Å². The van der Waals surface area contributed by atoms with Crippen LogP contribution in [0.2, 0.25) is 0 Å². The van der Waals surface area contributed by atoms with E-state index in [4.69, 9.17) is 18.9 Å². The van der Waals surface area contributed by atoms with Crippen LogP contribution in [0.4, 0.5) is 0 Å². The van der Waals surface area contributed by atoms with Gasteiger partial charge in [0.05, 0.1) is 33.5 Å². The SMILES string of the molecule is C=CC1=C(C(=O)O)C(c2cc(OC)c(OC)c(OC)c2)OC1. The number of benzene rings is 1. The first-order chi connectivity index (χ1) is 10.6. The summed E-state index contributed by atoms with van der Waals surface area (Å²) in [5, 5.41) is 9.43. The molecule has 0 fully saturated rings. The van der Waals surface area contributed by atoms with Crippen LogP contribution in [0.15, 0.2) is 35.9 Å². The first kappa shape index (κ1) is 15.9. The van der Waals surface area contributed by atoms with Crippen LogP contribution in [0, 0.1) is 0 Å². The Labute approximate surface area is 128 Å². The first-order valence-corrected chi connectivity index (χ1v) is 6.57. The molecule has 1 N–H and O–H groups in total. The van der Waals surface area contributed by atoms with E-state index in [1.54, 1.807) is 12.1 Å². The van der Waals surface area contributed by atoms with Crippen molar-refractivity contribution in [1.82, 2.24) is 0 Å². The molecule has 6 nitrogen and oxygen atoms in total. The lowest BCUT2D eigenvalue weighted by molar-refractivity contribution is -0.133. The summed E-state index contributed by atoms with van der Waals surface area (Å²) in [5.41, 5.74) is 1.35.